The SMILES string of the molecule is COCCC1(N)CCC(N)CC1.O=C(O)C(F)(F)F. The summed E-state index contributed by atoms with van der Waals surface area (Å²) < 4.78 is 36.8. The summed E-state index contributed by atoms with van der Waals surface area (Å²) in [4.78, 5) is 8.90. The van der Waals surface area contributed by atoms with Gasteiger partial charge in [0, 0.05) is 25.3 Å². The van der Waals surface area contributed by atoms with Crippen LogP contribution in [0.3, 0.4) is 0 Å². The summed E-state index contributed by atoms with van der Waals surface area (Å²) in [5, 5.41) is 7.12. The smallest absolute Gasteiger partial charge is 0.475 e. The molecule has 8 heteroatoms. The number of hydrogen-bond donors (Lipinski definition) is 3. The van der Waals surface area contributed by atoms with Gasteiger partial charge in [-0.1, -0.05) is 0 Å². The second-order valence-corrected chi connectivity index (χ2v) is 4.75. The number of rotatable bonds is 3. The van der Waals surface area contributed by atoms with Gasteiger partial charge in [0.25, 0.3) is 0 Å². The Balaban J connectivity index is 0.000000399. The molecular formula is C11H21F3N2O3. The Bertz CT molecular complexity index is 271. The first-order valence-corrected chi connectivity index (χ1v) is 5.94. The van der Waals surface area contributed by atoms with E-state index in [4.69, 9.17) is 26.1 Å². The van der Waals surface area contributed by atoms with Crippen LogP contribution in [-0.2, 0) is 9.53 Å². The highest BCUT2D eigenvalue weighted by atomic mass is 19.4. The van der Waals surface area contributed by atoms with Crippen LogP contribution < -0.4 is 11.5 Å². The van der Waals surface area contributed by atoms with Crippen LogP contribution in [0.5, 0.6) is 0 Å². The molecule has 5 N–H and O–H groups in total. The van der Waals surface area contributed by atoms with Gasteiger partial charge in [-0.15, -0.1) is 0 Å². The maximum absolute atomic E-state index is 10.6. The van der Waals surface area contributed by atoms with Gasteiger partial charge in [0.2, 0.25) is 0 Å². The summed E-state index contributed by atoms with van der Waals surface area (Å²) in [6, 6.07) is 0.379. The van der Waals surface area contributed by atoms with E-state index in [1.165, 1.54) is 0 Å². The number of hydrogen-bond acceptors (Lipinski definition) is 4. The number of aliphatic carboxylic acids is 1. The van der Waals surface area contributed by atoms with Crippen LogP contribution in [0.1, 0.15) is 32.1 Å². The van der Waals surface area contributed by atoms with Crippen LogP contribution in [0.25, 0.3) is 0 Å². The van der Waals surface area contributed by atoms with E-state index in [0.717, 1.165) is 38.7 Å². The Morgan fingerprint density at radius 1 is 1.42 bits per heavy atom. The highest BCUT2D eigenvalue weighted by Gasteiger charge is 2.38. The Morgan fingerprint density at radius 2 is 1.84 bits per heavy atom. The van der Waals surface area contributed by atoms with Gasteiger partial charge in [0.15, 0.2) is 0 Å². The number of halogens is 3. The molecule has 0 unspecified atom stereocenters. The van der Waals surface area contributed by atoms with Crippen LogP contribution in [0.2, 0.25) is 0 Å². The van der Waals surface area contributed by atoms with Gasteiger partial charge in [0.05, 0.1) is 0 Å². The van der Waals surface area contributed by atoms with E-state index in [1.54, 1.807) is 7.11 Å². The lowest BCUT2D eigenvalue weighted by molar-refractivity contribution is -0.192. The van der Waals surface area contributed by atoms with Gasteiger partial charge in [-0.25, -0.2) is 4.79 Å². The molecule has 19 heavy (non-hydrogen) atoms. The van der Waals surface area contributed by atoms with Crippen molar-refractivity contribution >= 4 is 5.97 Å². The van der Waals surface area contributed by atoms with Crippen LogP contribution in [-0.4, -0.2) is 42.5 Å². The van der Waals surface area contributed by atoms with Crippen LogP contribution in [0.15, 0.2) is 0 Å². The molecule has 0 saturated heterocycles. The zero-order valence-electron chi connectivity index (χ0n) is 10.9. The van der Waals surface area contributed by atoms with Crippen LogP contribution >= 0.6 is 0 Å². The highest BCUT2D eigenvalue weighted by Crippen LogP contribution is 2.27. The summed E-state index contributed by atoms with van der Waals surface area (Å²) in [6.45, 7) is 0.770. The highest BCUT2D eigenvalue weighted by molar-refractivity contribution is 5.73. The zero-order valence-corrected chi connectivity index (χ0v) is 10.9. The van der Waals surface area contributed by atoms with Gasteiger partial charge < -0.3 is 21.3 Å². The fourth-order valence-electron chi connectivity index (χ4n) is 1.77. The topological polar surface area (TPSA) is 98.6 Å². The third-order valence-corrected chi connectivity index (χ3v) is 3.07. The van der Waals surface area contributed by atoms with E-state index >= 15 is 0 Å². The number of nitrogens with two attached hydrogens (primary N) is 2. The second-order valence-electron chi connectivity index (χ2n) is 4.75. The normalized spacial score (nSPS) is 27.4. The Kier molecular flexibility index (Phi) is 7.32. The van der Waals surface area contributed by atoms with Crippen molar-refractivity contribution in [2.45, 2.75) is 49.9 Å². The van der Waals surface area contributed by atoms with Crippen molar-refractivity contribution < 1.29 is 27.8 Å². The predicted octanol–water partition coefficient (Wildman–Crippen LogP) is 1.25. The Morgan fingerprint density at radius 3 is 2.16 bits per heavy atom. The van der Waals surface area contributed by atoms with Crippen molar-refractivity contribution in [3.63, 3.8) is 0 Å². The Labute approximate surface area is 110 Å². The van der Waals surface area contributed by atoms with E-state index < -0.39 is 12.1 Å². The summed E-state index contributed by atoms with van der Waals surface area (Å²) in [7, 11) is 1.72. The molecule has 1 saturated carbocycles. The van der Waals surface area contributed by atoms with E-state index in [-0.39, 0.29) is 5.54 Å². The lowest BCUT2D eigenvalue weighted by Crippen LogP contribution is -2.46. The summed E-state index contributed by atoms with van der Waals surface area (Å²) >= 11 is 0. The minimum Gasteiger partial charge on any atom is -0.475 e. The monoisotopic (exact) mass is 286 g/mol. The van der Waals surface area contributed by atoms with Gasteiger partial charge in [0.1, 0.15) is 0 Å². The zero-order chi connectivity index (χ0) is 15.1. The quantitative estimate of drug-likeness (QED) is 0.725. The number of methoxy groups -OCH3 is 1. The third kappa shape index (κ3) is 8.02. The first kappa shape index (κ1) is 18.1. The third-order valence-electron chi connectivity index (χ3n) is 3.07. The average molecular weight is 286 g/mol. The van der Waals surface area contributed by atoms with E-state index in [1.807, 2.05) is 0 Å². The molecule has 1 rings (SSSR count). The van der Waals surface area contributed by atoms with Crippen molar-refractivity contribution in [2.24, 2.45) is 11.5 Å². The summed E-state index contributed by atoms with van der Waals surface area (Å²) in [5.41, 5.74) is 12.0. The first-order chi connectivity index (χ1) is 8.60. The maximum atomic E-state index is 10.6. The molecular weight excluding hydrogens is 265 g/mol. The molecule has 1 aliphatic rings. The van der Waals surface area contributed by atoms with Crippen molar-refractivity contribution in [3.05, 3.63) is 0 Å². The number of ether oxygens (including phenoxy) is 1. The second kappa shape index (κ2) is 7.66. The number of carbonyl (C=O) groups is 1. The molecule has 0 amide bonds. The molecule has 0 atom stereocenters. The first-order valence-electron chi connectivity index (χ1n) is 5.94. The maximum Gasteiger partial charge on any atom is 0.490 e. The molecule has 0 bridgehead atoms. The molecule has 1 aliphatic carbocycles. The number of carboxylic acid groups (broad SMARTS) is 1. The lowest BCUT2D eigenvalue weighted by Gasteiger charge is -2.35. The van der Waals surface area contributed by atoms with E-state index in [2.05, 4.69) is 0 Å². The van der Waals surface area contributed by atoms with Crippen molar-refractivity contribution in [3.8, 4) is 0 Å². The standard InChI is InChI=1S/C9H20N2O.C2HF3O2/c1-12-7-6-9(11)4-2-8(10)3-5-9;3-2(4,5)1(6)7/h8H,2-7,10-11H2,1H3;(H,6,7). The fraction of sp³-hybridized carbons (Fsp3) is 0.909. The summed E-state index contributed by atoms with van der Waals surface area (Å²) in [5.74, 6) is -2.76. The van der Waals surface area contributed by atoms with Crippen molar-refractivity contribution in [1.29, 1.82) is 0 Å². The molecule has 0 heterocycles. The molecule has 0 aliphatic heterocycles. The summed E-state index contributed by atoms with van der Waals surface area (Å²) in [6.07, 6.45) is 0.131. The van der Waals surface area contributed by atoms with Gasteiger partial charge in [-0.05, 0) is 32.1 Å². The molecule has 5 nitrogen and oxygen atoms in total. The fourth-order valence-corrected chi connectivity index (χ4v) is 1.77. The van der Waals surface area contributed by atoms with E-state index in [0.29, 0.717) is 6.04 Å². The minimum absolute atomic E-state index is 0.00583. The molecule has 0 aromatic heterocycles. The van der Waals surface area contributed by atoms with Crippen molar-refractivity contribution in [2.75, 3.05) is 13.7 Å². The molecule has 0 aromatic carbocycles. The predicted molar refractivity (Wildman–Crippen MR) is 63.5 cm³/mol. The van der Waals surface area contributed by atoms with Crippen LogP contribution in [0.4, 0.5) is 13.2 Å². The van der Waals surface area contributed by atoms with Crippen molar-refractivity contribution in [1.82, 2.24) is 0 Å². The number of alkyl halides is 3. The number of carboxylic acids is 1. The van der Waals surface area contributed by atoms with Crippen LogP contribution in [0, 0.1) is 0 Å². The largest absolute Gasteiger partial charge is 0.490 e. The van der Waals surface area contributed by atoms with Gasteiger partial charge >= 0.3 is 12.1 Å². The van der Waals surface area contributed by atoms with Gasteiger partial charge in [-0.3, -0.25) is 0 Å². The van der Waals surface area contributed by atoms with Gasteiger partial charge in [-0.2, -0.15) is 13.2 Å². The van der Waals surface area contributed by atoms with E-state index in [9.17, 15) is 13.2 Å². The molecule has 114 valence electrons. The average Bonchev–Trinajstić information content (AvgIpc) is 2.31. The Hall–Kier alpha value is -0.860. The molecule has 1 fully saturated rings. The molecule has 0 aromatic rings. The molecule has 0 radical (unpaired) electrons. The molecule has 0 spiro atoms. The lowest BCUT2D eigenvalue weighted by atomic mass is 9.78. The minimum atomic E-state index is -5.08.